The number of hydrogen-bond acceptors (Lipinski definition) is 2. The van der Waals surface area contributed by atoms with E-state index in [9.17, 15) is 0 Å². The summed E-state index contributed by atoms with van der Waals surface area (Å²) in [6.07, 6.45) is 4.68. The van der Waals surface area contributed by atoms with Gasteiger partial charge in [0.1, 0.15) is 5.75 Å². The third kappa shape index (κ3) is 1.71. The van der Waals surface area contributed by atoms with E-state index in [-0.39, 0.29) is 5.54 Å². The third-order valence-corrected chi connectivity index (χ3v) is 3.84. The predicted molar refractivity (Wildman–Crippen MR) is 66.8 cm³/mol. The first kappa shape index (κ1) is 11.5. The first-order chi connectivity index (χ1) is 7.58. The van der Waals surface area contributed by atoms with E-state index in [0.29, 0.717) is 0 Å². The van der Waals surface area contributed by atoms with Crippen molar-refractivity contribution in [2.24, 2.45) is 5.73 Å². The summed E-state index contributed by atoms with van der Waals surface area (Å²) in [6.45, 7) is 4.20. The van der Waals surface area contributed by atoms with Gasteiger partial charge in [-0.15, -0.1) is 0 Å². The maximum atomic E-state index is 6.50. The van der Waals surface area contributed by atoms with Crippen LogP contribution >= 0.6 is 0 Å². The molecule has 2 nitrogen and oxygen atoms in total. The van der Waals surface area contributed by atoms with Crippen LogP contribution in [0.3, 0.4) is 0 Å². The van der Waals surface area contributed by atoms with Crippen molar-refractivity contribution in [3.8, 4) is 5.75 Å². The standard InChI is InChI=1S/C14H21NO/c1-10-6-7-12(11(2)13(10)16-3)14(15)8-4-5-9-14/h6-7H,4-5,8-9,15H2,1-3H3. The Bertz CT molecular complexity index is 392. The van der Waals surface area contributed by atoms with Crippen LogP contribution in [0.4, 0.5) is 0 Å². The molecule has 88 valence electrons. The second-order valence-electron chi connectivity index (χ2n) is 4.95. The Hall–Kier alpha value is -1.02. The minimum absolute atomic E-state index is 0.120. The van der Waals surface area contributed by atoms with Gasteiger partial charge in [0.2, 0.25) is 0 Å². The van der Waals surface area contributed by atoms with Gasteiger partial charge in [0.25, 0.3) is 0 Å². The molecule has 0 aromatic heterocycles. The molecule has 1 saturated carbocycles. The highest BCUT2D eigenvalue weighted by Crippen LogP contribution is 2.40. The lowest BCUT2D eigenvalue weighted by atomic mass is 9.85. The van der Waals surface area contributed by atoms with Crippen molar-refractivity contribution in [3.05, 3.63) is 28.8 Å². The van der Waals surface area contributed by atoms with Crippen molar-refractivity contribution < 1.29 is 4.74 Å². The third-order valence-electron chi connectivity index (χ3n) is 3.84. The number of aryl methyl sites for hydroxylation is 1. The van der Waals surface area contributed by atoms with Crippen LogP contribution in [0.15, 0.2) is 12.1 Å². The van der Waals surface area contributed by atoms with E-state index in [1.807, 2.05) is 0 Å². The first-order valence-electron chi connectivity index (χ1n) is 6.02. The van der Waals surface area contributed by atoms with Gasteiger partial charge in [0.05, 0.1) is 7.11 Å². The van der Waals surface area contributed by atoms with Crippen LogP contribution in [-0.4, -0.2) is 7.11 Å². The number of rotatable bonds is 2. The molecule has 1 aromatic rings. The van der Waals surface area contributed by atoms with E-state index in [4.69, 9.17) is 10.5 Å². The predicted octanol–water partition coefficient (Wildman–Crippen LogP) is 3.04. The van der Waals surface area contributed by atoms with E-state index >= 15 is 0 Å². The zero-order chi connectivity index (χ0) is 11.8. The topological polar surface area (TPSA) is 35.2 Å². The molecule has 0 atom stereocenters. The van der Waals surface area contributed by atoms with E-state index in [1.54, 1.807) is 7.11 Å². The highest BCUT2D eigenvalue weighted by Gasteiger charge is 2.33. The van der Waals surface area contributed by atoms with Crippen LogP contribution in [0.25, 0.3) is 0 Å². The highest BCUT2D eigenvalue weighted by molar-refractivity contribution is 5.48. The fourth-order valence-electron chi connectivity index (χ4n) is 2.96. The van der Waals surface area contributed by atoms with Crippen molar-refractivity contribution in [2.45, 2.75) is 45.1 Å². The molecular formula is C14H21NO. The van der Waals surface area contributed by atoms with Crippen LogP contribution in [0, 0.1) is 13.8 Å². The summed E-state index contributed by atoms with van der Waals surface area (Å²) in [5.41, 5.74) is 10.1. The Kier molecular flexibility index (Phi) is 2.94. The molecule has 0 spiro atoms. The lowest BCUT2D eigenvalue weighted by Gasteiger charge is -2.27. The minimum atomic E-state index is -0.120. The van der Waals surface area contributed by atoms with Gasteiger partial charge in [-0.05, 0) is 43.4 Å². The summed E-state index contributed by atoms with van der Waals surface area (Å²) < 4.78 is 5.47. The van der Waals surface area contributed by atoms with Gasteiger partial charge in [-0.1, -0.05) is 25.0 Å². The monoisotopic (exact) mass is 219 g/mol. The van der Waals surface area contributed by atoms with Crippen LogP contribution in [0.2, 0.25) is 0 Å². The average molecular weight is 219 g/mol. The maximum absolute atomic E-state index is 6.50. The molecule has 1 fully saturated rings. The molecule has 2 rings (SSSR count). The minimum Gasteiger partial charge on any atom is -0.496 e. The van der Waals surface area contributed by atoms with E-state index in [1.165, 1.54) is 29.5 Å². The summed E-state index contributed by atoms with van der Waals surface area (Å²) in [4.78, 5) is 0. The molecule has 1 aliphatic carbocycles. The average Bonchev–Trinajstić information content (AvgIpc) is 2.66. The molecule has 0 saturated heterocycles. The molecule has 2 heteroatoms. The number of nitrogens with two attached hydrogens (primary N) is 1. The molecule has 1 aliphatic rings. The second kappa shape index (κ2) is 4.10. The molecule has 0 amide bonds. The second-order valence-corrected chi connectivity index (χ2v) is 4.95. The van der Waals surface area contributed by atoms with Crippen LogP contribution in [0.1, 0.15) is 42.4 Å². The summed E-state index contributed by atoms with van der Waals surface area (Å²) in [5.74, 6) is 0.995. The largest absolute Gasteiger partial charge is 0.496 e. The SMILES string of the molecule is COc1c(C)ccc(C2(N)CCCC2)c1C. The van der Waals surface area contributed by atoms with Crippen molar-refractivity contribution in [3.63, 3.8) is 0 Å². The Morgan fingerprint density at radius 2 is 1.81 bits per heavy atom. The molecule has 0 radical (unpaired) electrons. The van der Waals surface area contributed by atoms with Gasteiger partial charge >= 0.3 is 0 Å². The molecule has 0 heterocycles. The Morgan fingerprint density at radius 3 is 2.38 bits per heavy atom. The molecule has 1 aromatic carbocycles. The van der Waals surface area contributed by atoms with Gasteiger partial charge in [-0.2, -0.15) is 0 Å². The molecule has 2 N–H and O–H groups in total. The number of benzene rings is 1. The lowest BCUT2D eigenvalue weighted by molar-refractivity contribution is 0.401. The van der Waals surface area contributed by atoms with E-state index < -0.39 is 0 Å². The number of methoxy groups -OCH3 is 1. The van der Waals surface area contributed by atoms with Crippen molar-refractivity contribution in [2.75, 3.05) is 7.11 Å². The number of ether oxygens (including phenoxy) is 1. The fourth-order valence-corrected chi connectivity index (χ4v) is 2.96. The van der Waals surface area contributed by atoms with Crippen LogP contribution < -0.4 is 10.5 Å². The maximum Gasteiger partial charge on any atom is 0.125 e. The molecule has 0 aliphatic heterocycles. The van der Waals surface area contributed by atoms with Gasteiger partial charge in [0, 0.05) is 5.54 Å². The fraction of sp³-hybridized carbons (Fsp3) is 0.571. The summed E-state index contributed by atoms with van der Waals surface area (Å²) in [7, 11) is 1.73. The summed E-state index contributed by atoms with van der Waals surface area (Å²) in [6, 6.07) is 4.30. The van der Waals surface area contributed by atoms with Gasteiger partial charge in [0.15, 0.2) is 0 Å². The quantitative estimate of drug-likeness (QED) is 0.829. The van der Waals surface area contributed by atoms with E-state index in [0.717, 1.165) is 18.6 Å². The van der Waals surface area contributed by atoms with Gasteiger partial charge < -0.3 is 10.5 Å². The van der Waals surface area contributed by atoms with Crippen LogP contribution in [0.5, 0.6) is 5.75 Å². The zero-order valence-electron chi connectivity index (χ0n) is 10.5. The van der Waals surface area contributed by atoms with Crippen molar-refractivity contribution >= 4 is 0 Å². The van der Waals surface area contributed by atoms with Crippen molar-refractivity contribution in [1.29, 1.82) is 0 Å². The van der Waals surface area contributed by atoms with Crippen molar-refractivity contribution in [1.82, 2.24) is 0 Å². The summed E-state index contributed by atoms with van der Waals surface area (Å²) in [5, 5.41) is 0. The van der Waals surface area contributed by atoms with E-state index in [2.05, 4.69) is 26.0 Å². The Balaban J connectivity index is 2.49. The Morgan fingerprint density at radius 1 is 1.19 bits per heavy atom. The summed E-state index contributed by atoms with van der Waals surface area (Å²) >= 11 is 0. The smallest absolute Gasteiger partial charge is 0.125 e. The zero-order valence-corrected chi connectivity index (χ0v) is 10.5. The lowest BCUT2D eigenvalue weighted by Crippen LogP contribution is -2.34. The highest BCUT2D eigenvalue weighted by atomic mass is 16.5. The first-order valence-corrected chi connectivity index (χ1v) is 6.02. The molecule has 0 bridgehead atoms. The normalized spacial score (nSPS) is 18.8. The van der Waals surface area contributed by atoms with Crippen LogP contribution in [-0.2, 0) is 5.54 Å². The van der Waals surface area contributed by atoms with Gasteiger partial charge in [-0.25, -0.2) is 0 Å². The molecule has 0 unspecified atom stereocenters. The Labute approximate surface area is 97.8 Å². The molecular weight excluding hydrogens is 198 g/mol. The molecule has 16 heavy (non-hydrogen) atoms. The number of hydrogen-bond donors (Lipinski definition) is 1. The van der Waals surface area contributed by atoms with Gasteiger partial charge in [-0.3, -0.25) is 0 Å².